The molecule has 4 heterocycles. The Morgan fingerprint density at radius 3 is 2.10 bits per heavy atom. The molecule has 0 fully saturated rings. The van der Waals surface area contributed by atoms with Crippen molar-refractivity contribution in [3.05, 3.63) is 136 Å². The highest BCUT2D eigenvalue weighted by atomic mass is 33.1. The fraction of sp³-hybridized carbons (Fsp3) is 0.439. The Morgan fingerprint density at radius 1 is 0.814 bits per heavy atom. The number of aryl methyl sites for hydroxylation is 2. The van der Waals surface area contributed by atoms with Crippen LogP contribution in [0.15, 0.2) is 91.0 Å². The molecule has 6 atom stereocenters. The van der Waals surface area contributed by atoms with Crippen LogP contribution in [0.25, 0.3) is 0 Å². The first-order valence-electron chi connectivity index (χ1n) is 29.4. The SMILES string of the molecule is CCC(=O)C(CC(C)SSC(C)(C)CCC(=O)N[C@H](C(=O)C[C@@H](C)C(=O)Nc1cc(COc2cc3c(cc2C)C(=O)N2c4ccccc4C[C@H]2[C-]=[N+]3C)cc(COc2cc3c(cc2OC)C(=O)N2c4ccccc4C[C@H]2CC3)c1)C(C)C)S(=O)(=O)O. The molecule has 0 radical (unpaired) electrons. The summed E-state index contributed by atoms with van der Waals surface area (Å²) in [7, 11) is 1.70. The van der Waals surface area contributed by atoms with Crippen LogP contribution in [0.2, 0.25) is 0 Å². The number of ketones is 2. The third-order valence-electron chi connectivity index (χ3n) is 16.5. The number of Topliss-reactive ketones (excluding diaryl/α,β-unsaturated/α-hetero) is 2. The number of anilines is 3. The van der Waals surface area contributed by atoms with Crippen LogP contribution < -0.4 is 34.6 Å². The lowest BCUT2D eigenvalue weighted by molar-refractivity contribution is -0.401. The van der Waals surface area contributed by atoms with Gasteiger partial charge in [0, 0.05) is 81.7 Å². The molecule has 4 amide bonds. The second kappa shape index (κ2) is 26.5. The molecule has 0 aromatic heterocycles. The summed E-state index contributed by atoms with van der Waals surface area (Å²) in [5.41, 5.74) is 9.21. The molecule has 0 bridgehead atoms. The minimum atomic E-state index is -4.55. The van der Waals surface area contributed by atoms with Gasteiger partial charge in [0.25, 0.3) is 16.0 Å². The molecule has 4 aliphatic rings. The standard InChI is InChI=1S/C66H77N5O12S3/c1-11-55(72)60(86(78,79)80)26-41(6)84-85-66(7,8)23-22-61(74)68-62(38(2)3)56(73)25-40(5)63(75)67-47-28-42(36-82-57-34-54-51(24-39(57)4)65(77)71-49(35-69(54)9)31-46-17-13-15-19-53(46)71)27-43(29-47)37-83-59-32-44-20-21-48-30-45-16-12-14-18-52(45)70(48)64(76)50(44)33-58(59)81-10/h12-19,24,27-29,32-34,38,40-41,48-49,60,62H,11,20-23,25-26,30-31,36-37H2,1-10H3,(H,67,75)(H,68,74)(H,78,79,80)/t40-,41?,48-,49+,60?,62+/m1/s1. The largest absolute Gasteiger partial charge is 0.493 e. The number of hydrogen-bond acceptors (Lipinski definition) is 13. The minimum Gasteiger partial charge on any atom is -0.493 e. The third-order valence-corrected chi connectivity index (χ3v) is 21.6. The Bertz CT molecular complexity index is 3620. The van der Waals surface area contributed by atoms with E-state index in [2.05, 4.69) is 22.9 Å². The molecule has 20 heteroatoms. The van der Waals surface area contributed by atoms with Gasteiger partial charge >= 0.3 is 0 Å². The van der Waals surface area contributed by atoms with Gasteiger partial charge in [0.15, 0.2) is 23.1 Å². The third kappa shape index (κ3) is 14.4. The lowest BCUT2D eigenvalue weighted by atomic mass is 9.92. The number of benzene rings is 5. The summed E-state index contributed by atoms with van der Waals surface area (Å²) in [6.45, 7) is 14.6. The molecule has 17 nitrogen and oxygen atoms in total. The van der Waals surface area contributed by atoms with E-state index in [4.69, 9.17) is 14.2 Å². The number of para-hydroxylation sites is 2. The Kier molecular flexibility index (Phi) is 19.6. The summed E-state index contributed by atoms with van der Waals surface area (Å²) in [6, 6.07) is 27.7. The molecule has 4 aliphatic heterocycles. The van der Waals surface area contributed by atoms with Gasteiger partial charge in [0.1, 0.15) is 31.3 Å². The van der Waals surface area contributed by atoms with E-state index in [0.29, 0.717) is 70.1 Å². The van der Waals surface area contributed by atoms with Crippen LogP contribution in [0, 0.1) is 18.8 Å². The number of nitrogens with one attached hydrogen (secondary N) is 2. The minimum absolute atomic E-state index is 0.0140. The predicted molar refractivity (Wildman–Crippen MR) is 337 cm³/mol. The second-order valence-electron chi connectivity index (χ2n) is 24.0. The Hall–Kier alpha value is -7.00. The van der Waals surface area contributed by atoms with Crippen LogP contribution in [-0.4, -0.2) is 106 Å². The quantitative estimate of drug-likeness (QED) is 0.0214. The van der Waals surface area contributed by atoms with Gasteiger partial charge in [-0.2, -0.15) is 8.42 Å². The smallest absolute Gasteiger partial charge is 0.275 e. The van der Waals surface area contributed by atoms with Crippen molar-refractivity contribution in [3.8, 4) is 17.2 Å². The average molecular weight is 1230 g/mol. The first kappa shape index (κ1) is 63.5. The van der Waals surface area contributed by atoms with Crippen LogP contribution in [-0.2, 0) is 61.8 Å². The van der Waals surface area contributed by atoms with Gasteiger partial charge in [-0.1, -0.05) is 98.7 Å². The van der Waals surface area contributed by atoms with Gasteiger partial charge in [-0.25, -0.2) is 0 Å². The topological polar surface area (TPSA) is 218 Å². The van der Waals surface area contributed by atoms with Crippen molar-refractivity contribution in [2.75, 3.05) is 29.3 Å². The second-order valence-corrected chi connectivity index (χ2v) is 28.9. The molecule has 2 unspecified atom stereocenters. The van der Waals surface area contributed by atoms with Crippen LogP contribution in [0.3, 0.4) is 0 Å². The fourth-order valence-electron chi connectivity index (χ4n) is 11.8. The van der Waals surface area contributed by atoms with Crippen LogP contribution in [0.1, 0.15) is 141 Å². The number of carbonyl (C=O) groups is 6. The van der Waals surface area contributed by atoms with Gasteiger partial charge in [-0.3, -0.25) is 33.3 Å². The highest BCUT2D eigenvalue weighted by molar-refractivity contribution is 8.77. The van der Waals surface area contributed by atoms with E-state index in [1.54, 1.807) is 39.0 Å². The van der Waals surface area contributed by atoms with E-state index >= 15 is 0 Å². The van der Waals surface area contributed by atoms with Crippen molar-refractivity contribution >= 4 is 95.9 Å². The molecule has 456 valence electrons. The number of ether oxygens (including phenoxy) is 3. The van der Waals surface area contributed by atoms with Crippen molar-refractivity contribution in [2.24, 2.45) is 11.8 Å². The molecule has 0 spiro atoms. The number of fused-ring (bicyclic) bond motifs is 8. The number of rotatable bonds is 25. The van der Waals surface area contributed by atoms with Crippen molar-refractivity contribution < 1.29 is 60.5 Å². The van der Waals surface area contributed by atoms with E-state index in [9.17, 15) is 41.7 Å². The number of carbonyl (C=O) groups excluding carboxylic acids is 6. The Balaban J connectivity index is 0.894. The summed E-state index contributed by atoms with van der Waals surface area (Å²) < 4.78 is 53.9. The summed E-state index contributed by atoms with van der Waals surface area (Å²) in [5, 5.41) is 4.16. The maximum Gasteiger partial charge on any atom is 0.275 e. The average Bonchev–Trinajstić information content (AvgIpc) is 1.80. The molecule has 5 aromatic carbocycles. The van der Waals surface area contributed by atoms with Crippen LogP contribution in [0.5, 0.6) is 17.2 Å². The van der Waals surface area contributed by atoms with E-state index < -0.39 is 43.8 Å². The highest BCUT2D eigenvalue weighted by Gasteiger charge is 2.39. The summed E-state index contributed by atoms with van der Waals surface area (Å²) >= 11 is 0. The van der Waals surface area contributed by atoms with Crippen LogP contribution in [0.4, 0.5) is 22.7 Å². The lowest BCUT2D eigenvalue weighted by Crippen LogP contribution is -2.45. The summed E-state index contributed by atoms with van der Waals surface area (Å²) in [4.78, 5) is 86.2. The van der Waals surface area contributed by atoms with Crippen LogP contribution >= 0.6 is 21.6 Å². The van der Waals surface area contributed by atoms with E-state index in [0.717, 1.165) is 46.5 Å². The van der Waals surface area contributed by atoms with E-state index in [1.807, 2.05) is 123 Å². The van der Waals surface area contributed by atoms with Gasteiger partial charge in [-0.05, 0) is 147 Å². The van der Waals surface area contributed by atoms with Crippen molar-refractivity contribution in [1.82, 2.24) is 5.32 Å². The molecule has 5 aromatic rings. The monoisotopic (exact) mass is 1230 g/mol. The first-order chi connectivity index (χ1) is 40.8. The highest BCUT2D eigenvalue weighted by Crippen LogP contribution is 2.44. The van der Waals surface area contributed by atoms with Gasteiger partial charge < -0.3 is 39.2 Å². The molecule has 3 N–H and O–H groups in total. The molecule has 0 aliphatic carbocycles. The lowest BCUT2D eigenvalue weighted by Gasteiger charge is -2.27. The van der Waals surface area contributed by atoms with Gasteiger partial charge in [0.2, 0.25) is 17.7 Å². The van der Waals surface area contributed by atoms with E-state index in [1.165, 1.54) is 28.7 Å². The maximum absolute atomic E-state index is 14.3. The molecular weight excluding hydrogens is 1150 g/mol. The zero-order chi connectivity index (χ0) is 61.9. The van der Waals surface area contributed by atoms with Crippen molar-refractivity contribution in [3.63, 3.8) is 0 Å². The normalized spacial score (nSPS) is 17.5. The van der Waals surface area contributed by atoms with Crippen molar-refractivity contribution in [2.45, 2.75) is 160 Å². The van der Waals surface area contributed by atoms with Crippen molar-refractivity contribution in [1.29, 1.82) is 0 Å². The zero-order valence-electron chi connectivity index (χ0n) is 50.5. The van der Waals surface area contributed by atoms with Gasteiger partial charge in [0.05, 0.1) is 18.8 Å². The number of hydrogen-bond donors (Lipinski definition) is 3. The van der Waals surface area contributed by atoms with E-state index in [-0.39, 0.29) is 85.7 Å². The maximum atomic E-state index is 14.3. The zero-order valence-corrected chi connectivity index (χ0v) is 52.9. The first-order valence-corrected chi connectivity index (χ1v) is 33.1. The molecule has 86 heavy (non-hydrogen) atoms. The predicted octanol–water partition coefficient (Wildman–Crippen LogP) is 11.1. The fourth-order valence-corrected chi connectivity index (χ4v) is 15.6. The number of methoxy groups -OCH3 is 1. The number of nitrogens with zero attached hydrogens (tertiary/aromatic N) is 3. The molecule has 0 saturated heterocycles. The molecule has 0 saturated carbocycles. The van der Waals surface area contributed by atoms with Gasteiger partial charge in [-0.15, -0.1) is 0 Å². The molecular formula is C66H77N5O12S3. The number of amides is 4. The summed E-state index contributed by atoms with van der Waals surface area (Å²) in [6.07, 6.45) is 6.68. The Labute approximate surface area is 512 Å². The Morgan fingerprint density at radius 2 is 1.45 bits per heavy atom. The molecule has 9 rings (SSSR count). The summed E-state index contributed by atoms with van der Waals surface area (Å²) in [5.74, 6) is -1.49.